The second-order valence-electron chi connectivity index (χ2n) is 6.53. The zero-order valence-corrected chi connectivity index (χ0v) is 13.4. The molecule has 1 aliphatic carbocycles. The van der Waals surface area contributed by atoms with Crippen LogP contribution in [-0.2, 0) is 11.2 Å². The van der Waals surface area contributed by atoms with Crippen molar-refractivity contribution in [2.24, 2.45) is 0 Å². The van der Waals surface area contributed by atoms with Gasteiger partial charge in [-0.25, -0.2) is 0 Å². The van der Waals surface area contributed by atoms with E-state index >= 15 is 0 Å². The van der Waals surface area contributed by atoms with Gasteiger partial charge in [0.25, 0.3) is 5.89 Å². The minimum absolute atomic E-state index is 0.123. The number of nitrogens with zero attached hydrogens (tertiary/aromatic N) is 4. The van der Waals surface area contributed by atoms with Crippen LogP contribution < -0.4 is 0 Å². The van der Waals surface area contributed by atoms with E-state index in [1.807, 2.05) is 18.3 Å². The predicted molar refractivity (Wildman–Crippen MR) is 83.9 cm³/mol. The maximum atomic E-state index is 6.01. The molecule has 0 unspecified atom stereocenters. The van der Waals surface area contributed by atoms with Crippen molar-refractivity contribution in [3.63, 3.8) is 0 Å². The summed E-state index contributed by atoms with van der Waals surface area (Å²) in [5.74, 6) is 1.98. The number of aromatic nitrogens is 3. The van der Waals surface area contributed by atoms with E-state index in [4.69, 9.17) is 9.26 Å². The molecule has 2 aliphatic rings. The van der Waals surface area contributed by atoms with Crippen LogP contribution >= 0.6 is 0 Å². The Morgan fingerprint density at radius 1 is 1.26 bits per heavy atom. The van der Waals surface area contributed by atoms with Crippen LogP contribution in [0.5, 0.6) is 0 Å². The quantitative estimate of drug-likeness (QED) is 0.844. The van der Waals surface area contributed by atoms with Gasteiger partial charge in [-0.3, -0.25) is 9.88 Å². The lowest BCUT2D eigenvalue weighted by Gasteiger charge is -2.35. The molecular formula is C17H22N4O2. The van der Waals surface area contributed by atoms with E-state index in [2.05, 4.69) is 33.0 Å². The van der Waals surface area contributed by atoms with Crippen molar-refractivity contribution in [3.05, 3.63) is 41.8 Å². The Kier molecular flexibility index (Phi) is 4.10. The summed E-state index contributed by atoms with van der Waals surface area (Å²) in [5, 5.41) is 4.10. The minimum atomic E-state index is -0.123. The molecule has 3 heterocycles. The van der Waals surface area contributed by atoms with Crippen molar-refractivity contribution in [1.29, 1.82) is 0 Å². The van der Waals surface area contributed by atoms with E-state index in [-0.39, 0.29) is 12.2 Å². The van der Waals surface area contributed by atoms with Crippen molar-refractivity contribution in [2.75, 3.05) is 19.6 Å². The van der Waals surface area contributed by atoms with Crippen LogP contribution in [0.1, 0.15) is 49.2 Å². The van der Waals surface area contributed by atoms with E-state index in [1.165, 1.54) is 12.8 Å². The second kappa shape index (κ2) is 6.37. The SMILES string of the molecule is C[C@@H]1CN(CCc2ccccn2)C[C@H](c2nc(C3CC3)no2)O1. The van der Waals surface area contributed by atoms with Crippen LogP contribution in [0, 0.1) is 0 Å². The first kappa shape index (κ1) is 14.8. The summed E-state index contributed by atoms with van der Waals surface area (Å²) < 4.78 is 11.5. The maximum Gasteiger partial charge on any atom is 0.257 e. The molecule has 2 fully saturated rings. The van der Waals surface area contributed by atoms with Crippen molar-refractivity contribution in [3.8, 4) is 0 Å². The Bertz CT molecular complexity index is 641. The van der Waals surface area contributed by atoms with Crippen molar-refractivity contribution in [2.45, 2.75) is 44.3 Å². The summed E-state index contributed by atoms with van der Waals surface area (Å²) in [5.41, 5.74) is 1.12. The third-order valence-electron chi connectivity index (χ3n) is 4.42. The van der Waals surface area contributed by atoms with Gasteiger partial charge in [0.1, 0.15) is 6.10 Å². The predicted octanol–water partition coefficient (Wildman–Crippen LogP) is 2.35. The van der Waals surface area contributed by atoms with Crippen LogP contribution in [0.4, 0.5) is 0 Å². The van der Waals surface area contributed by atoms with Gasteiger partial charge in [-0.05, 0) is 31.9 Å². The number of hydrogen-bond donors (Lipinski definition) is 0. The highest BCUT2D eigenvalue weighted by Crippen LogP contribution is 2.38. The average molecular weight is 314 g/mol. The van der Waals surface area contributed by atoms with E-state index in [1.54, 1.807) is 0 Å². The number of ether oxygens (including phenoxy) is 1. The Morgan fingerprint density at radius 3 is 2.96 bits per heavy atom. The van der Waals surface area contributed by atoms with E-state index in [9.17, 15) is 0 Å². The maximum absolute atomic E-state index is 6.01. The van der Waals surface area contributed by atoms with Gasteiger partial charge in [0.05, 0.1) is 6.10 Å². The summed E-state index contributed by atoms with van der Waals surface area (Å²) in [7, 11) is 0. The first-order valence-corrected chi connectivity index (χ1v) is 8.39. The molecule has 0 aromatic carbocycles. The minimum Gasteiger partial charge on any atom is -0.363 e. The highest BCUT2D eigenvalue weighted by Gasteiger charge is 2.33. The standard InChI is InChI=1S/C17H22N4O2/c1-12-10-21(9-7-14-4-2-3-8-18-14)11-15(22-12)17-19-16(20-23-17)13-5-6-13/h2-4,8,12-13,15H,5-7,9-11H2,1H3/t12-,15-/m1/s1. The van der Waals surface area contributed by atoms with Gasteiger partial charge in [0, 0.05) is 43.9 Å². The highest BCUT2D eigenvalue weighted by molar-refractivity contribution is 5.06. The molecule has 6 nitrogen and oxygen atoms in total. The number of morpholine rings is 1. The Morgan fingerprint density at radius 2 is 2.17 bits per heavy atom. The first-order valence-electron chi connectivity index (χ1n) is 8.39. The Hall–Kier alpha value is -1.79. The highest BCUT2D eigenvalue weighted by atomic mass is 16.5. The summed E-state index contributed by atoms with van der Waals surface area (Å²) >= 11 is 0. The van der Waals surface area contributed by atoms with E-state index in [0.717, 1.165) is 37.6 Å². The number of hydrogen-bond acceptors (Lipinski definition) is 6. The Labute approximate surface area is 135 Å². The van der Waals surface area contributed by atoms with Crippen LogP contribution in [0.2, 0.25) is 0 Å². The van der Waals surface area contributed by atoms with Gasteiger partial charge in [-0.1, -0.05) is 11.2 Å². The number of rotatable bonds is 5. The molecule has 0 bridgehead atoms. The largest absolute Gasteiger partial charge is 0.363 e. The molecule has 2 aromatic heterocycles. The van der Waals surface area contributed by atoms with Gasteiger partial charge in [-0.2, -0.15) is 4.98 Å². The molecule has 0 amide bonds. The van der Waals surface area contributed by atoms with Gasteiger partial charge in [-0.15, -0.1) is 0 Å². The normalized spacial score (nSPS) is 25.6. The molecular weight excluding hydrogens is 292 g/mol. The molecule has 4 rings (SSSR count). The fourth-order valence-electron chi connectivity index (χ4n) is 3.06. The van der Waals surface area contributed by atoms with Crippen LogP contribution in [0.3, 0.4) is 0 Å². The van der Waals surface area contributed by atoms with Gasteiger partial charge in [0.15, 0.2) is 5.82 Å². The van der Waals surface area contributed by atoms with Gasteiger partial charge >= 0.3 is 0 Å². The molecule has 2 atom stereocenters. The lowest BCUT2D eigenvalue weighted by molar-refractivity contribution is -0.0904. The smallest absolute Gasteiger partial charge is 0.257 e. The summed E-state index contributed by atoms with van der Waals surface area (Å²) in [6.45, 7) is 4.78. The third-order valence-corrected chi connectivity index (χ3v) is 4.42. The fourth-order valence-corrected chi connectivity index (χ4v) is 3.06. The van der Waals surface area contributed by atoms with Crippen LogP contribution in [0.15, 0.2) is 28.9 Å². The van der Waals surface area contributed by atoms with Crippen molar-refractivity contribution in [1.82, 2.24) is 20.0 Å². The van der Waals surface area contributed by atoms with Crippen molar-refractivity contribution >= 4 is 0 Å². The van der Waals surface area contributed by atoms with Gasteiger partial charge in [0.2, 0.25) is 0 Å². The molecule has 1 aliphatic heterocycles. The summed E-state index contributed by atoms with van der Waals surface area (Å²) in [6, 6.07) is 6.05. The van der Waals surface area contributed by atoms with Crippen molar-refractivity contribution < 1.29 is 9.26 Å². The van der Waals surface area contributed by atoms with E-state index < -0.39 is 0 Å². The lowest BCUT2D eigenvalue weighted by Crippen LogP contribution is -2.43. The monoisotopic (exact) mass is 314 g/mol. The molecule has 0 N–H and O–H groups in total. The topological polar surface area (TPSA) is 64.3 Å². The number of pyridine rings is 1. The van der Waals surface area contributed by atoms with Gasteiger partial charge < -0.3 is 9.26 Å². The fraction of sp³-hybridized carbons (Fsp3) is 0.588. The zero-order chi connectivity index (χ0) is 15.6. The van der Waals surface area contributed by atoms with Crippen LogP contribution in [-0.4, -0.2) is 45.8 Å². The van der Waals surface area contributed by atoms with Crippen LogP contribution in [0.25, 0.3) is 0 Å². The molecule has 2 aromatic rings. The first-order chi connectivity index (χ1) is 11.3. The van der Waals surface area contributed by atoms with E-state index in [0.29, 0.717) is 11.8 Å². The third kappa shape index (κ3) is 3.59. The molecule has 1 saturated carbocycles. The molecule has 0 spiro atoms. The molecule has 23 heavy (non-hydrogen) atoms. The second-order valence-corrected chi connectivity index (χ2v) is 6.53. The lowest BCUT2D eigenvalue weighted by atomic mass is 10.2. The average Bonchev–Trinajstić information content (AvgIpc) is 3.30. The molecule has 0 radical (unpaired) electrons. The zero-order valence-electron chi connectivity index (χ0n) is 13.4. The molecule has 122 valence electrons. The molecule has 6 heteroatoms. The summed E-state index contributed by atoms with van der Waals surface area (Å²) in [4.78, 5) is 11.3. The molecule has 1 saturated heterocycles. The Balaban J connectivity index is 1.38. The summed E-state index contributed by atoms with van der Waals surface area (Å²) in [6.07, 6.45) is 5.18.